The van der Waals surface area contributed by atoms with Crippen molar-refractivity contribution in [3.05, 3.63) is 42.1 Å². The summed E-state index contributed by atoms with van der Waals surface area (Å²) in [6, 6.07) is 1.77. The molecule has 3 aromatic heterocycles. The number of halogens is 5. The van der Waals surface area contributed by atoms with E-state index in [1.54, 1.807) is 0 Å². The second-order valence-corrected chi connectivity index (χ2v) is 7.17. The molecule has 12 heteroatoms. The number of nitrogens with one attached hydrogen (secondary N) is 2. The standard InChI is InChI=1S/C18H17F5N6O/c1-17(30,18(21,22)23)9-2-3-14-25-7-13(29(14)8-9)15-11(20)5-26-16(28-15)27-12-6-24-4-10(12)19/h2-3,5,7-8,10,12,24,30H,4,6H2,1H3,(H,26,27,28)/t10-,12-,17?/m0/s1. The number of hydrogen-bond donors (Lipinski definition) is 3. The highest BCUT2D eigenvalue weighted by molar-refractivity contribution is 5.62. The van der Waals surface area contributed by atoms with Crippen molar-refractivity contribution in [1.29, 1.82) is 0 Å². The lowest BCUT2D eigenvalue weighted by Crippen LogP contribution is -2.39. The summed E-state index contributed by atoms with van der Waals surface area (Å²) < 4.78 is 69.1. The lowest BCUT2D eigenvalue weighted by atomic mass is 9.97. The first-order valence-corrected chi connectivity index (χ1v) is 8.99. The predicted octanol–water partition coefficient (Wildman–Crippen LogP) is 2.42. The lowest BCUT2D eigenvalue weighted by Gasteiger charge is -2.26. The minimum Gasteiger partial charge on any atom is -0.376 e. The second-order valence-electron chi connectivity index (χ2n) is 7.17. The van der Waals surface area contributed by atoms with Crippen molar-refractivity contribution in [2.45, 2.75) is 30.9 Å². The average molecular weight is 428 g/mol. The van der Waals surface area contributed by atoms with Gasteiger partial charge in [0.25, 0.3) is 0 Å². The van der Waals surface area contributed by atoms with Gasteiger partial charge in [-0.1, -0.05) is 6.07 Å². The van der Waals surface area contributed by atoms with Gasteiger partial charge in [0.2, 0.25) is 5.95 Å². The van der Waals surface area contributed by atoms with Gasteiger partial charge < -0.3 is 15.7 Å². The monoisotopic (exact) mass is 428 g/mol. The summed E-state index contributed by atoms with van der Waals surface area (Å²) in [4.78, 5) is 11.9. The molecular weight excluding hydrogens is 411 g/mol. The minimum absolute atomic E-state index is 0.0313. The fourth-order valence-electron chi connectivity index (χ4n) is 3.18. The van der Waals surface area contributed by atoms with Crippen LogP contribution in [0.2, 0.25) is 0 Å². The van der Waals surface area contributed by atoms with E-state index in [1.165, 1.54) is 16.7 Å². The maximum absolute atomic E-state index is 14.5. The van der Waals surface area contributed by atoms with Gasteiger partial charge in [-0.25, -0.2) is 23.7 Å². The normalized spacial score (nSPS) is 21.7. The van der Waals surface area contributed by atoms with Gasteiger partial charge in [-0.3, -0.25) is 4.40 Å². The molecule has 3 N–H and O–H groups in total. The van der Waals surface area contributed by atoms with Crippen molar-refractivity contribution < 1.29 is 27.1 Å². The van der Waals surface area contributed by atoms with E-state index >= 15 is 0 Å². The third-order valence-corrected chi connectivity index (χ3v) is 5.06. The largest absolute Gasteiger partial charge is 0.421 e. The summed E-state index contributed by atoms with van der Waals surface area (Å²) >= 11 is 0. The highest BCUT2D eigenvalue weighted by Crippen LogP contribution is 2.38. The first-order chi connectivity index (χ1) is 14.1. The third kappa shape index (κ3) is 3.45. The van der Waals surface area contributed by atoms with Crippen molar-refractivity contribution in [3.63, 3.8) is 0 Å². The molecule has 1 aliphatic rings. The molecule has 4 rings (SSSR count). The quantitative estimate of drug-likeness (QED) is 0.554. The van der Waals surface area contributed by atoms with E-state index in [2.05, 4.69) is 25.6 Å². The topological polar surface area (TPSA) is 87.4 Å². The van der Waals surface area contributed by atoms with Crippen LogP contribution in [0, 0.1) is 5.82 Å². The molecule has 7 nitrogen and oxygen atoms in total. The Morgan fingerprint density at radius 3 is 2.63 bits per heavy atom. The molecule has 0 radical (unpaired) electrons. The smallest absolute Gasteiger partial charge is 0.376 e. The first-order valence-electron chi connectivity index (χ1n) is 8.99. The second kappa shape index (κ2) is 7.13. The van der Waals surface area contributed by atoms with Crippen molar-refractivity contribution >= 4 is 11.6 Å². The molecular formula is C18H17F5N6O. The molecule has 0 aromatic carbocycles. The molecule has 3 atom stereocenters. The summed E-state index contributed by atoms with van der Waals surface area (Å²) in [5.74, 6) is -0.868. The molecule has 1 unspecified atom stereocenters. The molecule has 1 aliphatic heterocycles. The molecule has 0 amide bonds. The zero-order valence-corrected chi connectivity index (χ0v) is 15.6. The number of rotatable bonds is 4. The molecule has 0 saturated carbocycles. The van der Waals surface area contributed by atoms with Crippen LogP contribution in [-0.2, 0) is 5.60 Å². The van der Waals surface area contributed by atoms with Gasteiger partial charge in [0.15, 0.2) is 11.4 Å². The molecule has 0 bridgehead atoms. The maximum Gasteiger partial charge on any atom is 0.421 e. The van der Waals surface area contributed by atoms with Crippen molar-refractivity contribution in [1.82, 2.24) is 24.7 Å². The third-order valence-electron chi connectivity index (χ3n) is 5.06. The molecule has 0 aliphatic carbocycles. The number of aliphatic hydroxyl groups is 1. The summed E-state index contributed by atoms with van der Waals surface area (Å²) in [7, 11) is 0. The number of alkyl halides is 4. The average Bonchev–Trinajstić information content (AvgIpc) is 3.28. The van der Waals surface area contributed by atoms with Crippen LogP contribution in [0.4, 0.5) is 27.9 Å². The Morgan fingerprint density at radius 1 is 1.20 bits per heavy atom. The maximum atomic E-state index is 14.5. The van der Waals surface area contributed by atoms with E-state index < -0.39 is 35.4 Å². The Kier molecular flexibility index (Phi) is 4.85. The molecule has 160 valence electrons. The molecule has 4 heterocycles. The van der Waals surface area contributed by atoms with E-state index in [0.717, 1.165) is 18.5 Å². The van der Waals surface area contributed by atoms with Gasteiger partial charge in [-0.15, -0.1) is 0 Å². The number of fused-ring (bicyclic) bond motifs is 1. The minimum atomic E-state index is -4.92. The fourth-order valence-corrected chi connectivity index (χ4v) is 3.18. The van der Waals surface area contributed by atoms with Crippen LogP contribution >= 0.6 is 0 Å². The number of aromatic nitrogens is 4. The van der Waals surface area contributed by atoms with Crippen molar-refractivity contribution in [2.24, 2.45) is 0 Å². The van der Waals surface area contributed by atoms with Gasteiger partial charge in [-0.05, 0) is 13.0 Å². The molecule has 3 aromatic rings. The van der Waals surface area contributed by atoms with Gasteiger partial charge >= 0.3 is 6.18 Å². The number of hydrogen-bond acceptors (Lipinski definition) is 6. The summed E-state index contributed by atoms with van der Waals surface area (Å²) in [5.41, 5.74) is -3.53. The van der Waals surface area contributed by atoms with Crippen LogP contribution in [0.5, 0.6) is 0 Å². The van der Waals surface area contributed by atoms with Gasteiger partial charge in [-0.2, -0.15) is 13.2 Å². The summed E-state index contributed by atoms with van der Waals surface area (Å²) in [6.45, 7) is 1.13. The van der Waals surface area contributed by atoms with Gasteiger partial charge in [0, 0.05) is 24.8 Å². The van der Waals surface area contributed by atoms with Gasteiger partial charge in [0.1, 0.15) is 17.5 Å². The van der Waals surface area contributed by atoms with Crippen LogP contribution in [-0.4, -0.2) is 55.9 Å². The van der Waals surface area contributed by atoms with E-state index in [-0.39, 0.29) is 29.5 Å². The molecule has 1 fully saturated rings. The Bertz CT molecular complexity index is 1080. The van der Waals surface area contributed by atoms with Crippen LogP contribution in [0.25, 0.3) is 17.0 Å². The number of imidazole rings is 1. The zero-order chi connectivity index (χ0) is 21.7. The summed E-state index contributed by atoms with van der Waals surface area (Å²) in [5, 5.41) is 15.6. The van der Waals surface area contributed by atoms with E-state index in [4.69, 9.17) is 0 Å². The van der Waals surface area contributed by atoms with Crippen LogP contribution in [0.1, 0.15) is 12.5 Å². The van der Waals surface area contributed by atoms with E-state index in [0.29, 0.717) is 13.5 Å². The highest BCUT2D eigenvalue weighted by atomic mass is 19.4. The van der Waals surface area contributed by atoms with Crippen LogP contribution < -0.4 is 10.6 Å². The number of pyridine rings is 1. The van der Waals surface area contributed by atoms with E-state index in [1.807, 2.05) is 0 Å². The van der Waals surface area contributed by atoms with Crippen molar-refractivity contribution in [2.75, 3.05) is 18.4 Å². The number of anilines is 1. The van der Waals surface area contributed by atoms with Crippen molar-refractivity contribution in [3.8, 4) is 11.4 Å². The first kappa shape index (κ1) is 20.4. The van der Waals surface area contributed by atoms with Crippen LogP contribution in [0.3, 0.4) is 0 Å². The molecule has 0 spiro atoms. The Hall–Kier alpha value is -2.86. The van der Waals surface area contributed by atoms with E-state index in [9.17, 15) is 27.1 Å². The molecule has 1 saturated heterocycles. The fraction of sp³-hybridized carbons (Fsp3) is 0.389. The number of nitrogens with zero attached hydrogens (tertiary/aromatic N) is 4. The molecule has 30 heavy (non-hydrogen) atoms. The van der Waals surface area contributed by atoms with Gasteiger partial charge in [0.05, 0.1) is 24.1 Å². The summed E-state index contributed by atoms with van der Waals surface area (Å²) in [6.07, 6.45) is -2.94. The Balaban J connectivity index is 1.76. The predicted molar refractivity (Wildman–Crippen MR) is 97.0 cm³/mol. The Labute approximate surface area is 167 Å². The SMILES string of the molecule is CC(O)(c1ccc2ncc(-c3nc(N[C@H]4CNC[C@@H]4F)ncc3F)n2c1)C(F)(F)F. The Morgan fingerprint density at radius 2 is 1.97 bits per heavy atom. The zero-order valence-electron chi connectivity index (χ0n) is 15.6. The van der Waals surface area contributed by atoms with Crippen LogP contribution in [0.15, 0.2) is 30.7 Å². The lowest BCUT2D eigenvalue weighted by molar-refractivity contribution is -0.259. The highest BCUT2D eigenvalue weighted by Gasteiger charge is 2.51.